The maximum Gasteiger partial charge on any atom is 0.0384 e. The number of allylic oxidation sites excluding steroid dienone is 3. The van der Waals surface area contributed by atoms with Gasteiger partial charge in [0.2, 0.25) is 0 Å². The lowest BCUT2D eigenvalue weighted by Gasteiger charge is -2.23. The number of rotatable bonds is 5. The molecule has 1 aliphatic rings. The van der Waals surface area contributed by atoms with Crippen LogP contribution in [0.4, 0.5) is 5.69 Å². The molecule has 31 heavy (non-hydrogen) atoms. The molecule has 1 heteroatoms. The van der Waals surface area contributed by atoms with Crippen LogP contribution in [0.15, 0.2) is 133 Å². The van der Waals surface area contributed by atoms with Gasteiger partial charge in [-0.3, -0.25) is 0 Å². The van der Waals surface area contributed by atoms with E-state index in [-0.39, 0.29) is 0 Å². The third-order valence-electron chi connectivity index (χ3n) is 5.80. The Kier molecular flexibility index (Phi) is 5.49. The molecule has 0 heterocycles. The lowest BCUT2D eigenvalue weighted by molar-refractivity contribution is 0.858. The third-order valence-corrected chi connectivity index (χ3v) is 5.80. The molecule has 150 valence electrons. The number of hydrogen-bond acceptors (Lipinski definition) is 1. The summed E-state index contributed by atoms with van der Waals surface area (Å²) >= 11 is 0. The van der Waals surface area contributed by atoms with Crippen LogP contribution in [0.5, 0.6) is 0 Å². The molecule has 1 nitrogen and oxygen atoms in total. The van der Waals surface area contributed by atoms with Crippen LogP contribution in [0, 0.1) is 0 Å². The first-order valence-corrected chi connectivity index (χ1v) is 10.8. The average molecular weight is 400 g/mol. The first kappa shape index (κ1) is 19.1. The number of hydrogen-bond donors (Lipinski definition) is 1. The van der Waals surface area contributed by atoms with Crippen molar-refractivity contribution in [2.45, 2.75) is 12.3 Å². The molecule has 0 bridgehead atoms. The Hall–Kier alpha value is -3.84. The first-order valence-electron chi connectivity index (χ1n) is 10.8. The maximum atomic E-state index is 3.64. The Balaban J connectivity index is 1.44. The summed E-state index contributed by atoms with van der Waals surface area (Å²) in [5.74, 6) is 0.354. The van der Waals surface area contributed by atoms with Crippen LogP contribution in [0.25, 0.3) is 16.7 Å². The summed E-state index contributed by atoms with van der Waals surface area (Å²) < 4.78 is 0. The smallest absolute Gasteiger partial charge is 0.0384 e. The molecular weight excluding hydrogens is 374 g/mol. The van der Waals surface area contributed by atoms with Crippen LogP contribution in [0.2, 0.25) is 0 Å². The van der Waals surface area contributed by atoms with E-state index in [0.29, 0.717) is 5.92 Å². The zero-order valence-electron chi connectivity index (χ0n) is 17.4. The zero-order valence-corrected chi connectivity index (χ0v) is 17.4. The highest BCUT2D eigenvalue weighted by Gasteiger charge is 2.18. The van der Waals surface area contributed by atoms with Crippen molar-refractivity contribution in [1.29, 1.82) is 0 Å². The van der Waals surface area contributed by atoms with Gasteiger partial charge in [0.1, 0.15) is 0 Å². The molecule has 4 aromatic carbocycles. The van der Waals surface area contributed by atoms with Gasteiger partial charge in [0.05, 0.1) is 0 Å². The van der Waals surface area contributed by atoms with E-state index in [2.05, 4.69) is 133 Å². The Morgan fingerprint density at radius 2 is 1.10 bits per heavy atom. The van der Waals surface area contributed by atoms with Crippen molar-refractivity contribution in [2.24, 2.45) is 0 Å². The minimum absolute atomic E-state index is 0.354. The summed E-state index contributed by atoms with van der Waals surface area (Å²) in [7, 11) is 0. The van der Waals surface area contributed by atoms with Gasteiger partial charge in [0.15, 0.2) is 0 Å². The molecule has 0 spiro atoms. The second kappa shape index (κ2) is 8.89. The normalized spacial score (nSPS) is 15.7. The van der Waals surface area contributed by atoms with Crippen molar-refractivity contribution in [3.8, 4) is 11.1 Å². The van der Waals surface area contributed by atoms with Gasteiger partial charge in [0.25, 0.3) is 0 Å². The highest BCUT2D eigenvalue weighted by Crippen LogP contribution is 2.36. The molecule has 1 aliphatic carbocycles. The van der Waals surface area contributed by atoms with Crippen LogP contribution in [0.3, 0.4) is 0 Å². The molecule has 0 saturated heterocycles. The molecule has 1 atom stereocenters. The molecule has 0 aliphatic heterocycles. The molecular formula is C30H25N. The fraction of sp³-hybridized carbons (Fsp3) is 0.0667. The minimum Gasteiger partial charge on any atom is -0.356 e. The fourth-order valence-corrected chi connectivity index (χ4v) is 4.20. The van der Waals surface area contributed by atoms with E-state index >= 15 is 0 Å². The summed E-state index contributed by atoms with van der Waals surface area (Å²) in [5.41, 5.74) is 8.71. The van der Waals surface area contributed by atoms with Gasteiger partial charge < -0.3 is 5.32 Å². The van der Waals surface area contributed by atoms with E-state index in [1.54, 1.807) is 0 Å². The van der Waals surface area contributed by atoms with E-state index in [1.165, 1.54) is 27.8 Å². The van der Waals surface area contributed by atoms with E-state index in [9.17, 15) is 0 Å². The summed E-state index contributed by atoms with van der Waals surface area (Å²) in [6.07, 6.45) is 5.65. The van der Waals surface area contributed by atoms with Crippen molar-refractivity contribution in [1.82, 2.24) is 0 Å². The highest BCUT2D eigenvalue weighted by atomic mass is 14.9. The van der Waals surface area contributed by atoms with E-state index < -0.39 is 0 Å². The topological polar surface area (TPSA) is 12.0 Å². The second-order valence-electron chi connectivity index (χ2n) is 7.95. The van der Waals surface area contributed by atoms with E-state index in [4.69, 9.17) is 0 Å². The van der Waals surface area contributed by atoms with Gasteiger partial charge in [-0.2, -0.15) is 0 Å². The molecule has 0 amide bonds. The Bertz CT molecular complexity index is 1190. The Morgan fingerprint density at radius 3 is 1.74 bits per heavy atom. The lowest BCUT2D eigenvalue weighted by atomic mass is 9.84. The first-order chi connectivity index (χ1) is 15.3. The average Bonchev–Trinajstić information content (AvgIpc) is 2.86. The quantitative estimate of drug-likeness (QED) is 0.359. The summed E-state index contributed by atoms with van der Waals surface area (Å²) in [5, 5.41) is 3.64. The SMILES string of the molecule is C1=C(Nc2ccc(-c3ccccc3)cc2)C=C(c2ccccc2)CC1c1ccccc1. The van der Waals surface area contributed by atoms with Crippen LogP contribution in [-0.2, 0) is 0 Å². The van der Waals surface area contributed by atoms with Gasteiger partial charge >= 0.3 is 0 Å². The largest absolute Gasteiger partial charge is 0.356 e. The third kappa shape index (κ3) is 4.51. The molecule has 0 fully saturated rings. The van der Waals surface area contributed by atoms with Gasteiger partial charge in [-0.25, -0.2) is 0 Å². The monoisotopic (exact) mass is 399 g/mol. The zero-order chi connectivity index (χ0) is 20.9. The Labute approximate surface area is 184 Å². The minimum atomic E-state index is 0.354. The van der Waals surface area contributed by atoms with Crippen molar-refractivity contribution in [3.05, 3.63) is 144 Å². The molecule has 4 aromatic rings. The van der Waals surface area contributed by atoms with Gasteiger partial charge in [-0.05, 0) is 52.5 Å². The molecule has 0 aromatic heterocycles. The number of nitrogens with one attached hydrogen (secondary N) is 1. The van der Waals surface area contributed by atoms with Crippen LogP contribution >= 0.6 is 0 Å². The summed E-state index contributed by atoms with van der Waals surface area (Å²) in [6, 6.07) is 40.6. The lowest BCUT2D eigenvalue weighted by Crippen LogP contribution is -2.08. The van der Waals surface area contributed by atoms with Crippen molar-refractivity contribution < 1.29 is 0 Å². The van der Waals surface area contributed by atoms with E-state index in [0.717, 1.165) is 17.8 Å². The molecule has 0 saturated carbocycles. The Morgan fingerprint density at radius 1 is 0.548 bits per heavy atom. The number of benzene rings is 4. The summed E-state index contributed by atoms with van der Waals surface area (Å²) in [6.45, 7) is 0. The summed E-state index contributed by atoms with van der Waals surface area (Å²) in [4.78, 5) is 0. The fourth-order valence-electron chi connectivity index (χ4n) is 4.20. The van der Waals surface area contributed by atoms with Crippen molar-refractivity contribution in [3.63, 3.8) is 0 Å². The standard InChI is InChI=1S/C30H25N/c1-4-10-23(11-5-1)26-16-18-29(19-17-26)31-30-21-27(24-12-6-2-7-13-24)20-28(22-30)25-14-8-3-9-15-25/h1-19,21-22,27,31H,20H2. The van der Waals surface area contributed by atoms with Crippen LogP contribution in [-0.4, -0.2) is 0 Å². The molecule has 5 rings (SSSR count). The van der Waals surface area contributed by atoms with Crippen LogP contribution in [0.1, 0.15) is 23.5 Å². The number of anilines is 1. The highest BCUT2D eigenvalue weighted by molar-refractivity contribution is 5.73. The van der Waals surface area contributed by atoms with Gasteiger partial charge in [0, 0.05) is 17.3 Å². The molecule has 0 radical (unpaired) electrons. The van der Waals surface area contributed by atoms with Crippen molar-refractivity contribution in [2.75, 3.05) is 5.32 Å². The predicted octanol–water partition coefficient (Wildman–Crippen LogP) is 7.92. The van der Waals surface area contributed by atoms with Gasteiger partial charge in [-0.15, -0.1) is 0 Å². The van der Waals surface area contributed by atoms with Crippen molar-refractivity contribution >= 4 is 11.3 Å². The van der Waals surface area contributed by atoms with Crippen LogP contribution < -0.4 is 5.32 Å². The second-order valence-corrected chi connectivity index (χ2v) is 7.95. The van der Waals surface area contributed by atoms with E-state index in [1.807, 2.05) is 0 Å². The molecule has 1 N–H and O–H groups in total. The molecule has 1 unspecified atom stereocenters. The maximum absolute atomic E-state index is 3.64. The predicted molar refractivity (Wildman–Crippen MR) is 132 cm³/mol. The van der Waals surface area contributed by atoms with Gasteiger partial charge in [-0.1, -0.05) is 109 Å².